The zero-order valence-electron chi connectivity index (χ0n) is 15.6. The monoisotopic (exact) mass is 392 g/mol. The third-order valence-electron chi connectivity index (χ3n) is 4.16. The number of rotatable bonds is 5. The topological polar surface area (TPSA) is 69.0 Å². The molecule has 9 heteroatoms. The van der Waals surface area contributed by atoms with Crippen LogP contribution >= 0.6 is 0 Å². The fourth-order valence-corrected chi connectivity index (χ4v) is 2.94. The van der Waals surface area contributed by atoms with Crippen molar-refractivity contribution in [2.75, 3.05) is 13.2 Å². The number of carbonyl (C=O) groups excluding carboxylic acids is 1. The summed E-state index contributed by atoms with van der Waals surface area (Å²) in [6.07, 6.45) is -4.43. The Morgan fingerprint density at radius 2 is 2.00 bits per heavy atom. The van der Waals surface area contributed by atoms with E-state index in [2.05, 4.69) is 15.4 Å². The fraction of sp³-hybridized carbons (Fsp3) is 0.316. The van der Waals surface area contributed by atoms with Crippen LogP contribution < -0.4 is 10.1 Å². The van der Waals surface area contributed by atoms with Crippen molar-refractivity contribution in [2.24, 2.45) is 7.05 Å². The Kier molecular flexibility index (Phi) is 5.26. The van der Waals surface area contributed by atoms with E-state index in [4.69, 9.17) is 4.74 Å². The number of aromatic nitrogens is 3. The van der Waals surface area contributed by atoms with E-state index < -0.39 is 11.7 Å². The second-order valence-corrected chi connectivity index (χ2v) is 6.35. The molecule has 1 N–H and O–H groups in total. The molecule has 3 aromatic rings. The summed E-state index contributed by atoms with van der Waals surface area (Å²) in [5.41, 5.74) is 1.65. The van der Waals surface area contributed by atoms with Crippen LogP contribution in [-0.2, 0) is 13.2 Å². The maximum Gasteiger partial charge on any atom is 0.416 e. The van der Waals surface area contributed by atoms with Crippen molar-refractivity contribution in [3.63, 3.8) is 0 Å². The Bertz CT molecular complexity index is 1030. The van der Waals surface area contributed by atoms with Crippen LogP contribution in [0.1, 0.15) is 27.3 Å². The quantitative estimate of drug-likeness (QED) is 0.676. The number of nitrogens with zero attached hydrogens (tertiary/aromatic N) is 3. The predicted molar refractivity (Wildman–Crippen MR) is 97.3 cm³/mol. The number of hydrogen-bond donors (Lipinski definition) is 1. The van der Waals surface area contributed by atoms with Crippen LogP contribution in [0.5, 0.6) is 5.75 Å². The van der Waals surface area contributed by atoms with Crippen LogP contribution in [0, 0.1) is 13.8 Å². The number of carbonyl (C=O) groups is 1. The van der Waals surface area contributed by atoms with Crippen LogP contribution in [0.15, 0.2) is 30.3 Å². The van der Waals surface area contributed by atoms with Crippen LogP contribution in [0.25, 0.3) is 11.0 Å². The smallest absolute Gasteiger partial charge is 0.416 e. The van der Waals surface area contributed by atoms with E-state index in [1.54, 1.807) is 31.6 Å². The van der Waals surface area contributed by atoms with Crippen molar-refractivity contribution in [1.29, 1.82) is 0 Å². The van der Waals surface area contributed by atoms with E-state index in [-0.39, 0.29) is 24.8 Å². The Labute approximate surface area is 159 Å². The molecule has 0 atom stereocenters. The predicted octanol–water partition coefficient (Wildman–Crippen LogP) is 3.41. The van der Waals surface area contributed by atoms with Crippen LogP contribution in [0.3, 0.4) is 0 Å². The number of nitrogens with one attached hydrogen (secondary N) is 1. The highest BCUT2D eigenvalue weighted by Gasteiger charge is 2.30. The Hall–Kier alpha value is -3.10. The van der Waals surface area contributed by atoms with Crippen molar-refractivity contribution in [3.8, 4) is 5.75 Å². The van der Waals surface area contributed by atoms with Crippen LogP contribution in [0.4, 0.5) is 13.2 Å². The molecule has 2 aromatic heterocycles. The summed E-state index contributed by atoms with van der Waals surface area (Å²) >= 11 is 0. The number of aryl methyl sites for hydroxylation is 3. The molecule has 0 saturated heterocycles. The van der Waals surface area contributed by atoms with E-state index in [9.17, 15) is 18.0 Å². The first-order chi connectivity index (χ1) is 13.2. The molecule has 1 aromatic carbocycles. The lowest BCUT2D eigenvalue weighted by Gasteiger charge is -2.11. The van der Waals surface area contributed by atoms with Gasteiger partial charge in [-0.25, -0.2) is 4.98 Å². The number of ether oxygens (including phenoxy) is 1. The molecule has 1 amide bonds. The number of fused-ring (bicyclic) bond motifs is 1. The van der Waals surface area contributed by atoms with Gasteiger partial charge in [0.1, 0.15) is 12.4 Å². The first-order valence-electron chi connectivity index (χ1n) is 8.56. The summed E-state index contributed by atoms with van der Waals surface area (Å²) in [4.78, 5) is 17.0. The molecule has 2 heterocycles. The van der Waals surface area contributed by atoms with Crippen molar-refractivity contribution in [2.45, 2.75) is 20.0 Å². The molecular weight excluding hydrogens is 373 g/mol. The first kappa shape index (κ1) is 19.7. The van der Waals surface area contributed by atoms with E-state index in [0.29, 0.717) is 28.0 Å². The lowest BCUT2D eigenvalue weighted by molar-refractivity contribution is -0.137. The SMILES string of the molecule is Cc1cc(C(=O)NCCOc2cccc(C(F)(F)F)c2)c2c(C)nn(C)c2n1. The highest BCUT2D eigenvalue weighted by atomic mass is 19.4. The minimum absolute atomic E-state index is 0.0340. The highest BCUT2D eigenvalue weighted by Crippen LogP contribution is 2.31. The Morgan fingerprint density at radius 3 is 2.71 bits per heavy atom. The minimum atomic E-state index is -4.43. The van der Waals surface area contributed by atoms with E-state index in [1.807, 2.05) is 0 Å². The highest BCUT2D eigenvalue weighted by molar-refractivity contribution is 6.06. The maximum absolute atomic E-state index is 12.7. The summed E-state index contributed by atoms with van der Waals surface area (Å²) < 4.78 is 45.1. The van der Waals surface area contributed by atoms with Gasteiger partial charge in [0.25, 0.3) is 5.91 Å². The average molecular weight is 392 g/mol. The van der Waals surface area contributed by atoms with Crippen molar-refractivity contribution < 1.29 is 22.7 Å². The van der Waals surface area contributed by atoms with Gasteiger partial charge in [-0.15, -0.1) is 0 Å². The van der Waals surface area contributed by atoms with Crippen LogP contribution in [-0.4, -0.2) is 33.8 Å². The van der Waals surface area contributed by atoms with Gasteiger partial charge in [-0.3, -0.25) is 9.48 Å². The fourth-order valence-electron chi connectivity index (χ4n) is 2.94. The number of halogens is 3. The van der Waals surface area contributed by atoms with Crippen molar-refractivity contribution in [1.82, 2.24) is 20.1 Å². The van der Waals surface area contributed by atoms with Crippen LogP contribution in [0.2, 0.25) is 0 Å². The molecule has 0 spiro atoms. The van der Waals surface area contributed by atoms with Gasteiger partial charge in [0.2, 0.25) is 0 Å². The van der Waals surface area contributed by atoms with E-state index in [0.717, 1.165) is 12.1 Å². The first-order valence-corrected chi connectivity index (χ1v) is 8.56. The van der Waals surface area contributed by atoms with Gasteiger partial charge in [-0.1, -0.05) is 6.07 Å². The molecule has 0 bridgehead atoms. The second-order valence-electron chi connectivity index (χ2n) is 6.35. The summed E-state index contributed by atoms with van der Waals surface area (Å²) in [5.74, 6) is -0.228. The molecule has 0 saturated carbocycles. The lowest BCUT2D eigenvalue weighted by atomic mass is 10.1. The Morgan fingerprint density at radius 1 is 1.25 bits per heavy atom. The number of pyridine rings is 1. The third kappa shape index (κ3) is 4.08. The van der Waals surface area contributed by atoms with Gasteiger partial charge in [0.05, 0.1) is 28.8 Å². The number of alkyl halides is 3. The molecule has 28 heavy (non-hydrogen) atoms. The molecule has 0 aliphatic carbocycles. The number of benzene rings is 1. The molecule has 3 rings (SSSR count). The zero-order valence-corrected chi connectivity index (χ0v) is 15.6. The third-order valence-corrected chi connectivity index (χ3v) is 4.16. The molecule has 0 aliphatic heterocycles. The van der Waals surface area contributed by atoms with E-state index in [1.165, 1.54) is 12.1 Å². The maximum atomic E-state index is 12.7. The average Bonchev–Trinajstić information content (AvgIpc) is 2.91. The largest absolute Gasteiger partial charge is 0.492 e. The summed E-state index contributed by atoms with van der Waals surface area (Å²) in [7, 11) is 1.76. The zero-order chi connectivity index (χ0) is 20.5. The Balaban J connectivity index is 1.65. The van der Waals surface area contributed by atoms with Gasteiger partial charge >= 0.3 is 6.18 Å². The normalized spacial score (nSPS) is 11.6. The van der Waals surface area contributed by atoms with Crippen molar-refractivity contribution >= 4 is 16.9 Å². The second kappa shape index (κ2) is 7.49. The standard InChI is InChI=1S/C19H19F3N4O2/c1-11-9-15(16-12(2)25-26(3)17(16)24-11)18(27)23-7-8-28-14-6-4-5-13(10-14)19(20,21)22/h4-6,9-10H,7-8H2,1-3H3,(H,23,27). The van der Waals surface area contributed by atoms with Gasteiger partial charge in [0, 0.05) is 12.7 Å². The molecule has 0 fully saturated rings. The molecule has 0 radical (unpaired) electrons. The summed E-state index contributed by atoms with van der Waals surface area (Å²) in [6, 6.07) is 6.29. The summed E-state index contributed by atoms with van der Waals surface area (Å²) in [5, 5.41) is 7.69. The molecule has 148 valence electrons. The number of hydrogen-bond acceptors (Lipinski definition) is 4. The van der Waals surface area contributed by atoms with E-state index >= 15 is 0 Å². The summed E-state index contributed by atoms with van der Waals surface area (Å²) in [6.45, 7) is 3.76. The van der Waals surface area contributed by atoms with Gasteiger partial charge in [-0.2, -0.15) is 18.3 Å². The van der Waals surface area contributed by atoms with Gasteiger partial charge < -0.3 is 10.1 Å². The minimum Gasteiger partial charge on any atom is -0.492 e. The van der Waals surface area contributed by atoms with Gasteiger partial charge in [0.15, 0.2) is 5.65 Å². The van der Waals surface area contributed by atoms with Gasteiger partial charge in [-0.05, 0) is 38.1 Å². The molecular formula is C19H19F3N4O2. The molecule has 0 unspecified atom stereocenters. The molecule has 6 nitrogen and oxygen atoms in total. The number of amides is 1. The van der Waals surface area contributed by atoms with Crippen molar-refractivity contribution in [3.05, 3.63) is 52.8 Å². The lowest BCUT2D eigenvalue weighted by Crippen LogP contribution is -2.28. The molecule has 0 aliphatic rings.